The van der Waals surface area contributed by atoms with E-state index in [1.807, 2.05) is 6.92 Å². The van der Waals surface area contributed by atoms with E-state index in [9.17, 15) is 0 Å². The maximum atomic E-state index is 5.74. The van der Waals surface area contributed by atoms with E-state index in [0.717, 1.165) is 25.1 Å². The molecule has 0 unspecified atom stereocenters. The van der Waals surface area contributed by atoms with Crippen LogP contribution in [0.3, 0.4) is 0 Å². The molecule has 0 spiro atoms. The second-order valence-electron chi connectivity index (χ2n) is 4.78. The molecule has 0 aromatic heterocycles. The molecule has 18 heavy (non-hydrogen) atoms. The standard InChI is InChI=1S/C14H30N4/c1-5-9-18(10-6-2)11-7-8-16-14(15)17-12-13(3)4/h3,5-12H2,1-2,4H3,(H3,15,16,17). The van der Waals surface area contributed by atoms with Crippen LogP contribution in [0, 0.1) is 0 Å². The van der Waals surface area contributed by atoms with Crippen molar-refractivity contribution < 1.29 is 0 Å². The van der Waals surface area contributed by atoms with Crippen molar-refractivity contribution in [2.75, 3.05) is 32.7 Å². The Morgan fingerprint density at radius 1 is 1.22 bits per heavy atom. The molecule has 0 heterocycles. The molecule has 4 heteroatoms. The van der Waals surface area contributed by atoms with Gasteiger partial charge in [0.2, 0.25) is 0 Å². The monoisotopic (exact) mass is 254 g/mol. The van der Waals surface area contributed by atoms with Crippen LogP contribution in [0.4, 0.5) is 0 Å². The van der Waals surface area contributed by atoms with Crippen molar-refractivity contribution >= 4 is 5.96 Å². The molecule has 0 aromatic rings. The summed E-state index contributed by atoms with van der Waals surface area (Å²) in [6.07, 6.45) is 3.54. The second kappa shape index (κ2) is 11.1. The van der Waals surface area contributed by atoms with E-state index >= 15 is 0 Å². The lowest BCUT2D eigenvalue weighted by atomic mass is 10.3. The first-order chi connectivity index (χ1) is 8.60. The lowest BCUT2D eigenvalue weighted by Gasteiger charge is -2.20. The maximum absolute atomic E-state index is 5.74. The molecular formula is C14H30N4. The Bertz CT molecular complexity index is 242. The summed E-state index contributed by atoms with van der Waals surface area (Å²) in [5.41, 5.74) is 6.77. The molecular weight excluding hydrogens is 224 g/mol. The first-order valence-corrected chi connectivity index (χ1v) is 7.00. The minimum absolute atomic E-state index is 0.524. The zero-order valence-electron chi connectivity index (χ0n) is 12.3. The Morgan fingerprint density at radius 3 is 2.33 bits per heavy atom. The van der Waals surface area contributed by atoms with Crippen LogP contribution in [0.1, 0.15) is 40.0 Å². The van der Waals surface area contributed by atoms with Crippen LogP contribution < -0.4 is 11.1 Å². The number of nitrogens with one attached hydrogen (secondary N) is 1. The predicted molar refractivity (Wildman–Crippen MR) is 80.9 cm³/mol. The fraction of sp³-hybridized carbons (Fsp3) is 0.786. The Morgan fingerprint density at radius 2 is 1.83 bits per heavy atom. The van der Waals surface area contributed by atoms with Crippen molar-refractivity contribution in [3.05, 3.63) is 12.2 Å². The Kier molecular flexibility index (Phi) is 10.4. The van der Waals surface area contributed by atoms with Gasteiger partial charge in [0.15, 0.2) is 5.96 Å². The third kappa shape index (κ3) is 10.1. The highest BCUT2D eigenvalue weighted by atomic mass is 15.1. The quantitative estimate of drug-likeness (QED) is 0.271. The van der Waals surface area contributed by atoms with Gasteiger partial charge in [0.05, 0.1) is 6.54 Å². The summed E-state index contributed by atoms with van der Waals surface area (Å²) < 4.78 is 0. The molecule has 0 bridgehead atoms. The number of nitrogens with zero attached hydrogens (tertiary/aromatic N) is 2. The van der Waals surface area contributed by atoms with Crippen molar-refractivity contribution in [1.29, 1.82) is 0 Å². The van der Waals surface area contributed by atoms with Crippen molar-refractivity contribution in [1.82, 2.24) is 10.2 Å². The topological polar surface area (TPSA) is 53.6 Å². The molecule has 0 atom stereocenters. The second-order valence-corrected chi connectivity index (χ2v) is 4.78. The SMILES string of the molecule is C=C(C)CN=C(N)NCCCN(CCC)CCC. The van der Waals surface area contributed by atoms with E-state index in [1.54, 1.807) is 0 Å². The van der Waals surface area contributed by atoms with E-state index in [2.05, 4.69) is 35.6 Å². The molecule has 3 N–H and O–H groups in total. The third-order valence-electron chi connectivity index (χ3n) is 2.56. The Labute approximate surface area is 112 Å². The van der Waals surface area contributed by atoms with Crippen LogP contribution in [-0.4, -0.2) is 43.6 Å². The summed E-state index contributed by atoms with van der Waals surface area (Å²) in [6, 6.07) is 0. The van der Waals surface area contributed by atoms with E-state index in [4.69, 9.17) is 5.73 Å². The Balaban J connectivity index is 3.69. The van der Waals surface area contributed by atoms with Gasteiger partial charge in [-0.25, -0.2) is 4.99 Å². The molecule has 0 aliphatic heterocycles. The van der Waals surface area contributed by atoms with Crippen LogP contribution in [0.25, 0.3) is 0 Å². The molecule has 0 fully saturated rings. The molecule has 0 amide bonds. The summed E-state index contributed by atoms with van der Waals surface area (Å²) in [5, 5.41) is 3.14. The van der Waals surface area contributed by atoms with Gasteiger partial charge in [0.25, 0.3) is 0 Å². The summed E-state index contributed by atoms with van der Waals surface area (Å²) in [7, 11) is 0. The van der Waals surface area contributed by atoms with Gasteiger partial charge < -0.3 is 16.0 Å². The van der Waals surface area contributed by atoms with Crippen molar-refractivity contribution in [2.45, 2.75) is 40.0 Å². The molecule has 0 aliphatic rings. The van der Waals surface area contributed by atoms with Crippen LogP contribution >= 0.6 is 0 Å². The molecule has 0 saturated carbocycles. The molecule has 4 nitrogen and oxygen atoms in total. The van der Waals surface area contributed by atoms with Gasteiger partial charge in [-0.2, -0.15) is 0 Å². The molecule has 0 rings (SSSR count). The van der Waals surface area contributed by atoms with Gasteiger partial charge in [0.1, 0.15) is 0 Å². The van der Waals surface area contributed by atoms with Crippen LogP contribution in [0.5, 0.6) is 0 Å². The number of rotatable bonds is 10. The summed E-state index contributed by atoms with van der Waals surface area (Å²) >= 11 is 0. The number of hydrogen-bond acceptors (Lipinski definition) is 2. The summed E-state index contributed by atoms with van der Waals surface area (Å²) in [4.78, 5) is 6.69. The minimum Gasteiger partial charge on any atom is -0.370 e. The third-order valence-corrected chi connectivity index (χ3v) is 2.56. The van der Waals surface area contributed by atoms with Crippen molar-refractivity contribution in [3.63, 3.8) is 0 Å². The lowest BCUT2D eigenvalue weighted by Crippen LogP contribution is -2.35. The molecule has 0 radical (unpaired) electrons. The number of nitrogens with two attached hydrogens (primary N) is 1. The molecule has 0 aromatic carbocycles. The van der Waals surface area contributed by atoms with E-state index < -0.39 is 0 Å². The predicted octanol–water partition coefficient (Wildman–Crippen LogP) is 1.98. The summed E-state index contributed by atoms with van der Waals surface area (Å²) in [5.74, 6) is 0.524. The first-order valence-electron chi connectivity index (χ1n) is 7.00. The zero-order chi connectivity index (χ0) is 13.8. The number of guanidine groups is 1. The minimum atomic E-state index is 0.524. The zero-order valence-corrected chi connectivity index (χ0v) is 12.3. The van der Waals surface area contributed by atoms with Crippen molar-refractivity contribution in [3.8, 4) is 0 Å². The van der Waals surface area contributed by atoms with Gasteiger partial charge in [-0.05, 0) is 45.8 Å². The van der Waals surface area contributed by atoms with Crippen LogP contribution in [-0.2, 0) is 0 Å². The van der Waals surface area contributed by atoms with Gasteiger partial charge in [-0.3, -0.25) is 0 Å². The van der Waals surface area contributed by atoms with Crippen LogP contribution in [0.15, 0.2) is 17.1 Å². The van der Waals surface area contributed by atoms with Gasteiger partial charge in [-0.15, -0.1) is 0 Å². The average molecular weight is 254 g/mol. The highest BCUT2D eigenvalue weighted by Crippen LogP contribution is 1.95. The number of hydrogen-bond donors (Lipinski definition) is 2. The largest absolute Gasteiger partial charge is 0.370 e. The van der Waals surface area contributed by atoms with E-state index in [0.29, 0.717) is 12.5 Å². The normalized spacial score (nSPS) is 11.9. The van der Waals surface area contributed by atoms with Crippen LogP contribution in [0.2, 0.25) is 0 Å². The fourth-order valence-corrected chi connectivity index (χ4v) is 1.76. The van der Waals surface area contributed by atoms with Gasteiger partial charge in [0, 0.05) is 6.54 Å². The maximum Gasteiger partial charge on any atom is 0.188 e. The first kappa shape index (κ1) is 17.0. The van der Waals surface area contributed by atoms with E-state index in [-0.39, 0.29) is 0 Å². The van der Waals surface area contributed by atoms with Gasteiger partial charge >= 0.3 is 0 Å². The Hall–Kier alpha value is -1.03. The van der Waals surface area contributed by atoms with Gasteiger partial charge in [-0.1, -0.05) is 26.0 Å². The molecule has 0 saturated heterocycles. The highest BCUT2D eigenvalue weighted by molar-refractivity contribution is 5.77. The highest BCUT2D eigenvalue weighted by Gasteiger charge is 2.01. The van der Waals surface area contributed by atoms with Crippen molar-refractivity contribution in [2.24, 2.45) is 10.7 Å². The summed E-state index contributed by atoms with van der Waals surface area (Å²) in [6.45, 7) is 15.2. The number of aliphatic imine (C=N–C) groups is 1. The molecule has 106 valence electrons. The van der Waals surface area contributed by atoms with E-state index in [1.165, 1.54) is 25.9 Å². The smallest absolute Gasteiger partial charge is 0.188 e. The average Bonchev–Trinajstić information content (AvgIpc) is 2.32. The fourth-order valence-electron chi connectivity index (χ4n) is 1.76. The molecule has 0 aliphatic carbocycles. The lowest BCUT2D eigenvalue weighted by molar-refractivity contribution is 0.272.